The lowest BCUT2D eigenvalue weighted by Crippen LogP contribution is -2.02. The highest BCUT2D eigenvalue weighted by Gasteiger charge is 2.06. The molecule has 0 aromatic rings. The van der Waals surface area contributed by atoms with Gasteiger partial charge in [-0.05, 0) is 51.9 Å². The van der Waals surface area contributed by atoms with Crippen molar-refractivity contribution in [3.05, 3.63) is 48.6 Å². The molecule has 160 valence electrons. The summed E-state index contributed by atoms with van der Waals surface area (Å²) >= 11 is 0. The van der Waals surface area contributed by atoms with Gasteiger partial charge >= 0.3 is 0 Å². The molecule has 0 amide bonds. The molecule has 0 spiro atoms. The Kier molecular flexibility index (Phi) is 22.5. The summed E-state index contributed by atoms with van der Waals surface area (Å²) in [5.74, 6) is 0.298. The Morgan fingerprint density at radius 2 is 1.07 bits per heavy atom. The van der Waals surface area contributed by atoms with Crippen molar-refractivity contribution < 1.29 is 4.79 Å². The quantitative estimate of drug-likeness (QED) is 0.116. The smallest absolute Gasteiger partial charge is 0.123 e. The molecule has 0 aliphatic rings. The van der Waals surface area contributed by atoms with Crippen LogP contribution in [0.3, 0.4) is 0 Å². The molecule has 0 saturated carbocycles. The van der Waals surface area contributed by atoms with Crippen molar-refractivity contribution in [1.29, 1.82) is 0 Å². The highest BCUT2D eigenvalue weighted by atomic mass is 16.1. The Balaban J connectivity index is 3.46. The maximum atomic E-state index is 11.3. The van der Waals surface area contributed by atoms with E-state index in [-0.39, 0.29) is 0 Å². The van der Waals surface area contributed by atoms with Gasteiger partial charge in [-0.25, -0.2) is 0 Å². The summed E-state index contributed by atoms with van der Waals surface area (Å²) < 4.78 is 0. The zero-order chi connectivity index (χ0) is 20.5. The Hall–Kier alpha value is -1.37. The van der Waals surface area contributed by atoms with E-state index in [1.165, 1.54) is 89.8 Å². The monoisotopic (exact) mass is 386 g/mol. The van der Waals surface area contributed by atoms with Crippen LogP contribution >= 0.6 is 0 Å². The molecule has 1 nitrogen and oxygen atoms in total. The van der Waals surface area contributed by atoms with Crippen LogP contribution in [0.15, 0.2) is 48.6 Å². The van der Waals surface area contributed by atoms with E-state index >= 15 is 0 Å². The van der Waals surface area contributed by atoms with Gasteiger partial charge in [-0.1, -0.05) is 107 Å². The minimum absolute atomic E-state index is 0.298. The van der Waals surface area contributed by atoms with Gasteiger partial charge in [0, 0.05) is 5.92 Å². The number of aldehydes is 1. The number of carbonyl (C=O) groups excluding carboxylic acids is 1. The molecular weight excluding hydrogens is 340 g/mol. The molecule has 0 N–H and O–H groups in total. The highest BCUT2D eigenvalue weighted by Crippen LogP contribution is 2.17. The Morgan fingerprint density at radius 3 is 1.57 bits per heavy atom. The van der Waals surface area contributed by atoms with Crippen LogP contribution in [0, 0.1) is 5.92 Å². The van der Waals surface area contributed by atoms with Gasteiger partial charge in [0.25, 0.3) is 0 Å². The predicted molar refractivity (Wildman–Crippen MR) is 127 cm³/mol. The first-order valence-corrected chi connectivity index (χ1v) is 11.9. The van der Waals surface area contributed by atoms with E-state index in [0.717, 1.165) is 12.8 Å². The maximum absolute atomic E-state index is 11.3. The SMILES string of the molecule is C/C=C\C=C/CCCCCCCC(C=O)CCCCCC/C=C/C=C\CCC. The molecule has 0 radical (unpaired) electrons. The topological polar surface area (TPSA) is 17.1 Å². The first-order valence-electron chi connectivity index (χ1n) is 11.9. The van der Waals surface area contributed by atoms with Gasteiger partial charge in [-0.3, -0.25) is 0 Å². The minimum atomic E-state index is 0.298. The molecule has 0 fully saturated rings. The average molecular weight is 387 g/mol. The third-order valence-corrected chi connectivity index (χ3v) is 5.11. The summed E-state index contributed by atoms with van der Waals surface area (Å²) in [5.41, 5.74) is 0. The van der Waals surface area contributed by atoms with Crippen LogP contribution in [0.1, 0.15) is 110 Å². The van der Waals surface area contributed by atoms with Crippen LogP contribution in [-0.2, 0) is 4.79 Å². The molecule has 0 bridgehead atoms. The summed E-state index contributed by atoms with van der Waals surface area (Å²) in [6.45, 7) is 4.25. The molecule has 0 rings (SSSR count). The summed E-state index contributed by atoms with van der Waals surface area (Å²) in [5, 5.41) is 0. The van der Waals surface area contributed by atoms with Gasteiger partial charge in [-0.2, -0.15) is 0 Å². The molecule has 1 unspecified atom stereocenters. The third kappa shape index (κ3) is 20.9. The van der Waals surface area contributed by atoms with E-state index in [1.807, 2.05) is 6.92 Å². The number of hydrogen-bond acceptors (Lipinski definition) is 1. The van der Waals surface area contributed by atoms with Crippen molar-refractivity contribution in [1.82, 2.24) is 0 Å². The van der Waals surface area contributed by atoms with Gasteiger partial charge in [0.1, 0.15) is 6.29 Å². The largest absolute Gasteiger partial charge is 0.303 e. The van der Waals surface area contributed by atoms with Crippen LogP contribution in [0.25, 0.3) is 0 Å². The van der Waals surface area contributed by atoms with Gasteiger partial charge in [0.05, 0.1) is 0 Å². The summed E-state index contributed by atoms with van der Waals surface area (Å²) in [4.78, 5) is 11.3. The molecule has 0 aromatic heterocycles. The van der Waals surface area contributed by atoms with Crippen LogP contribution in [0.4, 0.5) is 0 Å². The van der Waals surface area contributed by atoms with Crippen LogP contribution in [0.5, 0.6) is 0 Å². The van der Waals surface area contributed by atoms with Crippen LogP contribution < -0.4 is 0 Å². The lowest BCUT2D eigenvalue weighted by molar-refractivity contribution is -0.111. The van der Waals surface area contributed by atoms with Crippen molar-refractivity contribution in [2.75, 3.05) is 0 Å². The lowest BCUT2D eigenvalue weighted by atomic mass is 9.95. The van der Waals surface area contributed by atoms with Gasteiger partial charge in [0.15, 0.2) is 0 Å². The Bertz CT molecular complexity index is 428. The van der Waals surface area contributed by atoms with Crippen LogP contribution in [-0.4, -0.2) is 6.29 Å². The van der Waals surface area contributed by atoms with Crippen molar-refractivity contribution in [3.8, 4) is 0 Å². The molecule has 0 saturated heterocycles. The molecule has 28 heavy (non-hydrogen) atoms. The second-order valence-electron chi connectivity index (χ2n) is 7.83. The number of carbonyl (C=O) groups is 1. The molecular formula is C27H46O. The van der Waals surface area contributed by atoms with Crippen molar-refractivity contribution in [3.63, 3.8) is 0 Å². The number of hydrogen-bond donors (Lipinski definition) is 0. The Labute approximate surface area is 176 Å². The highest BCUT2D eigenvalue weighted by molar-refractivity contribution is 5.53. The van der Waals surface area contributed by atoms with E-state index in [2.05, 4.69) is 55.5 Å². The molecule has 0 aliphatic heterocycles. The van der Waals surface area contributed by atoms with E-state index in [9.17, 15) is 4.79 Å². The van der Waals surface area contributed by atoms with Crippen LogP contribution in [0.2, 0.25) is 0 Å². The average Bonchev–Trinajstić information content (AvgIpc) is 2.71. The summed E-state index contributed by atoms with van der Waals surface area (Å²) in [6, 6.07) is 0. The summed E-state index contributed by atoms with van der Waals surface area (Å²) in [7, 11) is 0. The summed E-state index contributed by atoms with van der Waals surface area (Å²) in [6.07, 6.45) is 37.0. The first-order chi connectivity index (χ1) is 13.8. The normalized spacial score (nSPS) is 13.5. The standard InChI is InChI=1S/C27H46O/c1-3-5-7-9-11-13-15-17-19-21-23-25-27(26-28)24-22-20-18-16-14-12-10-8-6-4-2/h4,6-11,13,26-27H,3,5,12,14-25H2,1-2H3/b6-4-,9-7-,10-8-,13-11+. The molecule has 0 aliphatic carbocycles. The van der Waals surface area contributed by atoms with Gasteiger partial charge in [-0.15, -0.1) is 0 Å². The number of rotatable bonds is 20. The zero-order valence-electron chi connectivity index (χ0n) is 18.8. The third-order valence-electron chi connectivity index (χ3n) is 5.11. The maximum Gasteiger partial charge on any atom is 0.123 e. The fraction of sp³-hybridized carbons (Fsp3) is 0.667. The van der Waals surface area contributed by atoms with Gasteiger partial charge < -0.3 is 4.79 Å². The molecule has 1 atom stereocenters. The minimum Gasteiger partial charge on any atom is -0.303 e. The molecule has 0 heterocycles. The zero-order valence-corrected chi connectivity index (χ0v) is 18.8. The van der Waals surface area contributed by atoms with E-state index in [1.54, 1.807) is 0 Å². The molecule has 1 heteroatoms. The predicted octanol–water partition coefficient (Wildman–Crippen LogP) is 8.92. The molecule has 0 aromatic carbocycles. The fourth-order valence-electron chi connectivity index (χ4n) is 3.30. The first kappa shape index (κ1) is 26.6. The Morgan fingerprint density at radius 1 is 0.607 bits per heavy atom. The number of allylic oxidation sites excluding steroid dienone is 8. The lowest BCUT2D eigenvalue weighted by Gasteiger charge is -2.09. The van der Waals surface area contributed by atoms with Gasteiger partial charge in [0.2, 0.25) is 0 Å². The van der Waals surface area contributed by atoms with Crippen molar-refractivity contribution in [2.45, 2.75) is 110 Å². The van der Waals surface area contributed by atoms with Crippen molar-refractivity contribution in [2.24, 2.45) is 5.92 Å². The van der Waals surface area contributed by atoms with E-state index in [0.29, 0.717) is 5.92 Å². The van der Waals surface area contributed by atoms with E-state index < -0.39 is 0 Å². The second-order valence-corrected chi connectivity index (χ2v) is 7.83. The van der Waals surface area contributed by atoms with E-state index in [4.69, 9.17) is 0 Å². The fourth-order valence-corrected chi connectivity index (χ4v) is 3.30. The second kappa shape index (κ2) is 23.7. The number of unbranched alkanes of at least 4 members (excludes halogenated alkanes) is 10. The van der Waals surface area contributed by atoms with Crippen molar-refractivity contribution >= 4 is 6.29 Å².